The molecule has 2 rings (SSSR count). The van der Waals surface area contributed by atoms with E-state index < -0.39 is 0 Å². The fourth-order valence-electron chi connectivity index (χ4n) is 2.54. The molecule has 2 unspecified atom stereocenters. The van der Waals surface area contributed by atoms with E-state index in [4.69, 9.17) is 5.73 Å². The van der Waals surface area contributed by atoms with Gasteiger partial charge in [0.25, 0.3) is 0 Å². The van der Waals surface area contributed by atoms with Gasteiger partial charge >= 0.3 is 0 Å². The fourth-order valence-corrected chi connectivity index (χ4v) is 2.54. The van der Waals surface area contributed by atoms with Crippen LogP contribution in [0.4, 0.5) is 0 Å². The van der Waals surface area contributed by atoms with Gasteiger partial charge in [-0.15, -0.1) is 0 Å². The zero-order valence-corrected chi connectivity index (χ0v) is 10.6. The van der Waals surface area contributed by atoms with Gasteiger partial charge in [0.2, 0.25) is 0 Å². The largest absolute Gasteiger partial charge is 0.326 e. The lowest BCUT2D eigenvalue weighted by atomic mass is 10.1. The van der Waals surface area contributed by atoms with Crippen molar-refractivity contribution >= 4 is 0 Å². The summed E-state index contributed by atoms with van der Waals surface area (Å²) in [5.74, 6) is 0. The molecule has 2 heterocycles. The smallest absolute Gasteiger partial charge is 0.0814 e. The first-order chi connectivity index (χ1) is 7.50. The zero-order valence-electron chi connectivity index (χ0n) is 10.6. The fraction of sp³-hybridized carbons (Fsp3) is 0.750. The first-order valence-corrected chi connectivity index (χ1v) is 6.02. The highest BCUT2D eigenvalue weighted by Gasteiger charge is 2.35. The van der Waals surface area contributed by atoms with E-state index >= 15 is 0 Å². The minimum atomic E-state index is 0.219. The van der Waals surface area contributed by atoms with Gasteiger partial charge in [0.05, 0.1) is 11.7 Å². The first kappa shape index (κ1) is 11.6. The van der Waals surface area contributed by atoms with E-state index in [1.165, 1.54) is 5.69 Å². The van der Waals surface area contributed by atoms with E-state index in [2.05, 4.69) is 36.8 Å². The number of aromatic nitrogens is 2. The SMILES string of the molecule is Cc1cc(C2C(N)CCN2C(C)C)nn1C. The van der Waals surface area contributed by atoms with Gasteiger partial charge in [-0.3, -0.25) is 9.58 Å². The van der Waals surface area contributed by atoms with Crippen molar-refractivity contribution in [3.05, 3.63) is 17.5 Å². The Balaban J connectivity index is 2.29. The van der Waals surface area contributed by atoms with Crippen molar-refractivity contribution in [2.75, 3.05) is 6.54 Å². The Hall–Kier alpha value is -0.870. The van der Waals surface area contributed by atoms with Crippen LogP contribution in [0.1, 0.15) is 37.7 Å². The van der Waals surface area contributed by atoms with Crippen LogP contribution < -0.4 is 5.73 Å². The van der Waals surface area contributed by atoms with Crippen molar-refractivity contribution in [1.29, 1.82) is 0 Å². The highest BCUT2D eigenvalue weighted by Crippen LogP contribution is 2.32. The Labute approximate surface area is 97.4 Å². The molecule has 2 atom stereocenters. The Bertz CT molecular complexity index is 350. The summed E-state index contributed by atoms with van der Waals surface area (Å²) in [5, 5.41) is 4.57. The van der Waals surface area contributed by atoms with E-state index in [0.29, 0.717) is 12.1 Å². The summed E-state index contributed by atoms with van der Waals surface area (Å²) in [7, 11) is 1.99. The summed E-state index contributed by atoms with van der Waals surface area (Å²) in [4.78, 5) is 2.45. The van der Waals surface area contributed by atoms with Crippen molar-refractivity contribution in [3.63, 3.8) is 0 Å². The van der Waals surface area contributed by atoms with E-state index in [1.54, 1.807) is 0 Å². The topological polar surface area (TPSA) is 47.1 Å². The Kier molecular flexibility index (Phi) is 3.04. The van der Waals surface area contributed by atoms with Crippen molar-refractivity contribution < 1.29 is 0 Å². The van der Waals surface area contributed by atoms with Gasteiger partial charge in [0.1, 0.15) is 0 Å². The molecule has 1 saturated heterocycles. The van der Waals surface area contributed by atoms with Crippen LogP contribution in [0.25, 0.3) is 0 Å². The highest BCUT2D eigenvalue weighted by molar-refractivity contribution is 5.16. The number of likely N-dealkylation sites (tertiary alicyclic amines) is 1. The normalized spacial score (nSPS) is 26.9. The standard InChI is InChI=1S/C12H22N4/c1-8(2)16-6-5-10(13)12(16)11-7-9(3)15(4)14-11/h7-8,10,12H,5-6,13H2,1-4H3. The van der Waals surface area contributed by atoms with Gasteiger partial charge in [-0.25, -0.2) is 0 Å². The minimum Gasteiger partial charge on any atom is -0.326 e. The number of hydrogen-bond acceptors (Lipinski definition) is 3. The van der Waals surface area contributed by atoms with Crippen molar-refractivity contribution in [1.82, 2.24) is 14.7 Å². The summed E-state index contributed by atoms with van der Waals surface area (Å²) in [5.41, 5.74) is 8.52. The summed E-state index contributed by atoms with van der Waals surface area (Å²) >= 11 is 0. The maximum Gasteiger partial charge on any atom is 0.0814 e. The van der Waals surface area contributed by atoms with E-state index in [0.717, 1.165) is 18.7 Å². The second kappa shape index (κ2) is 4.18. The van der Waals surface area contributed by atoms with Crippen molar-refractivity contribution in [2.45, 2.75) is 45.3 Å². The maximum absolute atomic E-state index is 6.21. The third-order valence-electron chi connectivity index (χ3n) is 3.58. The molecule has 1 aliphatic heterocycles. The van der Waals surface area contributed by atoms with Gasteiger partial charge in [-0.05, 0) is 33.3 Å². The average molecular weight is 222 g/mol. The molecule has 16 heavy (non-hydrogen) atoms. The monoisotopic (exact) mass is 222 g/mol. The van der Waals surface area contributed by atoms with Gasteiger partial charge in [0, 0.05) is 31.4 Å². The molecule has 0 aromatic carbocycles. The first-order valence-electron chi connectivity index (χ1n) is 6.02. The molecule has 0 bridgehead atoms. The molecule has 90 valence electrons. The molecular formula is C12H22N4. The Morgan fingerprint density at radius 2 is 2.19 bits per heavy atom. The highest BCUT2D eigenvalue weighted by atomic mass is 15.3. The number of aryl methyl sites for hydroxylation is 2. The van der Waals surface area contributed by atoms with Crippen LogP contribution >= 0.6 is 0 Å². The molecule has 4 heteroatoms. The van der Waals surface area contributed by atoms with Gasteiger partial charge in [-0.2, -0.15) is 5.10 Å². The summed E-state index contributed by atoms with van der Waals surface area (Å²) in [6, 6.07) is 3.20. The van der Waals surface area contributed by atoms with Crippen LogP contribution in [0.3, 0.4) is 0 Å². The quantitative estimate of drug-likeness (QED) is 0.818. The molecule has 2 N–H and O–H groups in total. The molecule has 0 saturated carbocycles. The number of hydrogen-bond donors (Lipinski definition) is 1. The molecule has 0 amide bonds. The van der Waals surface area contributed by atoms with Crippen LogP contribution in [0, 0.1) is 6.92 Å². The molecule has 0 spiro atoms. The lowest BCUT2D eigenvalue weighted by Gasteiger charge is -2.28. The number of rotatable bonds is 2. The molecule has 1 aromatic rings. The van der Waals surface area contributed by atoms with Crippen molar-refractivity contribution in [2.24, 2.45) is 12.8 Å². The number of nitrogens with zero attached hydrogens (tertiary/aromatic N) is 3. The summed E-state index contributed by atoms with van der Waals surface area (Å²) < 4.78 is 1.93. The third kappa shape index (κ3) is 1.87. The zero-order chi connectivity index (χ0) is 11.9. The molecule has 1 fully saturated rings. The van der Waals surface area contributed by atoms with E-state index in [9.17, 15) is 0 Å². The van der Waals surface area contributed by atoms with Crippen LogP contribution in [-0.4, -0.2) is 33.3 Å². The van der Waals surface area contributed by atoms with Crippen molar-refractivity contribution in [3.8, 4) is 0 Å². The third-order valence-corrected chi connectivity index (χ3v) is 3.58. The Morgan fingerprint density at radius 3 is 2.69 bits per heavy atom. The molecule has 0 aliphatic carbocycles. The molecule has 1 aliphatic rings. The van der Waals surface area contributed by atoms with Crippen LogP contribution in [0.2, 0.25) is 0 Å². The van der Waals surface area contributed by atoms with Gasteiger partial charge in [0.15, 0.2) is 0 Å². The molecule has 0 radical (unpaired) electrons. The second-order valence-corrected chi connectivity index (χ2v) is 5.06. The minimum absolute atomic E-state index is 0.219. The summed E-state index contributed by atoms with van der Waals surface area (Å²) in [6.45, 7) is 7.61. The lowest BCUT2D eigenvalue weighted by molar-refractivity contribution is 0.194. The van der Waals surface area contributed by atoms with Gasteiger partial charge in [-0.1, -0.05) is 0 Å². The van der Waals surface area contributed by atoms with E-state index in [1.807, 2.05) is 11.7 Å². The average Bonchev–Trinajstić information content (AvgIpc) is 2.71. The predicted molar refractivity (Wildman–Crippen MR) is 65.1 cm³/mol. The Morgan fingerprint density at radius 1 is 1.50 bits per heavy atom. The van der Waals surface area contributed by atoms with Crippen LogP contribution in [0.15, 0.2) is 6.07 Å². The lowest BCUT2D eigenvalue weighted by Crippen LogP contribution is -2.36. The van der Waals surface area contributed by atoms with E-state index in [-0.39, 0.29) is 6.04 Å². The van der Waals surface area contributed by atoms with Crippen LogP contribution in [0.5, 0.6) is 0 Å². The second-order valence-electron chi connectivity index (χ2n) is 5.06. The van der Waals surface area contributed by atoms with Crippen LogP contribution in [-0.2, 0) is 7.05 Å². The van der Waals surface area contributed by atoms with Gasteiger partial charge < -0.3 is 5.73 Å². The molecular weight excluding hydrogens is 200 g/mol. The summed E-state index contributed by atoms with van der Waals surface area (Å²) in [6.07, 6.45) is 1.07. The maximum atomic E-state index is 6.21. The number of nitrogens with two attached hydrogens (primary N) is 1. The predicted octanol–water partition coefficient (Wildman–Crippen LogP) is 1.21. The molecule has 1 aromatic heterocycles. The molecule has 4 nitrogen and oxygen atoms in total.